The predicted molar refractivity (Wildman–Crippen MR) is 113 cm³/mol. The Hall–Kier alpha value is -1.89. The van der Waals surface area contributed by atoms with Gasteiger partial charge in [-0.2, -0.15) is 0 Å². The number of benzene rings is 1. The fraction of sp³-hybridized carbons (Fsp3) is 0.429. The van der Waals surface area contributed by atoms with Crippen LogP contribution in [0.15, 0.2) is 24.3 Å². The van der Waals surface area contributed by atoms with Crippen LogP contribution in [0.3, 0.4) is 0 Å². The van der Waals surface area contributed by atoms with Crippen LogP contribution in [0.5, 0.6) is 0 Å². The van der Waals surface area contributed by atoms with Gasteiger partial charge in [-0.1, -0.05) is 11.6 Å². The Bertz CT molecular complexity index is 1020. The van der Waals surface area contributed by atoms with Gasteiger partial charge in [0.1, 0.15) is 0 Å². The maximum Gasteiger partial charge on any atom is 0.253 e. The zero-order valence-electron chi connectivity index (χ0n) is 16.4. The minimum Gasteiger partial charge on any atom is -0.376 e. The fourth-order valence-electron chi connectivity index (χ4n) is 3.89. The van der Waals surface area contributed by atoms with Crippen molar-refractivity contribution in [2.45, 2.75) is 45.9 Å². The van der Waals surface area contributed by atoms with E-state index in [1.165, 1.54) is 28.3 Å². The number of carbonyl (C=O) groups excluding carboxylic acids is 1. The maximum absolute atomic E-state index is 12.9. The Balaban J connectivity index is 1.50. The third-order valence-corrected chi connectivity index (χ3v) is 6.59. The lowest BCUT2D eigenvalue weighted by Gasteiger charge is -2.18. The van der Waals surface area contributed by atoms with Crippen LogP contribution in [0.2, 0.25) is 4.47 Å². The van der Waals surface area contributed by atoms with Gasteiger partial charge in [0.2, 0.25) is 0 Å². The van der Waals surface area contributed by atoms with Crippen molar-refractivity contribution < 1.29 is 9.53 Å². The van der Waals surface area contributed by atoms with E-state index in [1.807, 2.05) is 25.2 Å². The lowest BCUT2D eigenvalue weighted by molar-refractivity contribution is 0.0784. The Labute approximate surface area is 173 Å². The van der Waals surface area contributed by atoms with Crippen molar-refractivity contribution in [3.63, 3.8) is 0 Å². The molecule has 1 aliphatic heterocycles. The molecule has 1 amide bonds. The summed E-state index contributed by atoms with van der Waals surface area (Å²) in [4.78, 5) is 19.0. The van der Waals surface area contributed by atoms with Gasteiger partial charge in [0.15, 0.2) is 4.47 Å². The third-order valence-electron chi connectivity index (χ3n) is 5.45. The van der Waals surface area contributed by atoms with Crippen molar-refractivity contribution in [3.8, 4) is 0 Å². The molecule has 0 saturated carbocycles. The number of fused-ring (bicyclic) bond motifs is 1. The van der Waals surface area contributed by atoms with Gasteiger partial charge in [-0.3, -0.25) is 4.79 Å². The van der Waals surface area contributed by atoms with Gasteiger partial charge in [-0.05, 0) is 56.5 Å². The van der Waals surface area contributed by atoms with Gasteiger partial charge in [-0.15, -0.1) is 11.3 Å². The average Bonchev–Trinajstić information content (AvgIpc) is 3.36. The van der Waals surface area contributed by atoms with Gasteiger partial charge in [-0.25, -0.2) is 4.98 Å². The number of carbonyl (C=O) groups is 1. The molecule has 28 heavy (non-hydrogen) atoms. The van der Waals surface area contributed by atoms with Gasteiger partial charge in [0, 0.05) is 43.7 Å². The second kappa shape index (κ2) is 7.85. The minimum atomic E-state index is -0.0186. The third kappa shape index (κ3) is 3.81. The van der Waals surface area contributed by atoms with E-state index in [4.69, 9.17) is 16.3 Å². The van der Waals surface area contributed by atoms with Gasteiger partial charge in [0.05, 0.1) is 16.3 Å². The number of hydrogen-bond acceptors (Lipinski definition) is 4. The number of nitrogens with zero attached hydrogens (tertiary/aromatic N) is 3. The first-order valence-electron chi connectivity index (χ1n) is 9.51. The first-order chi connectivity index (χ1) is 13.4. The van der Waals surface area contributed by atoms with E-state index in [0.717, 1.165) is 36.2 Å². The van der Waals surface area contributed by atoms with E-state index in [-0.39, 0.29) is 5.91 Å². The summed E-state index contributed by atoms with van der Waals surface area (Å²) in [6.45, 7) is 6.56. The van der Waals surface area contributed by atoms with Crippen LogP contribution < -0.4 is 0 Å². The number of aromatic nitrogens is 2. The summed E-state index contributed by atoms with van der Waals surface area (Å²) >= 11 is 7.40. The molecule has 7 heteroatoms. The summed E-state index contributed by atoms with van der Waals surface area (Å²) < 4.78 is 9.58. The van der Waals surface area contributed by atoms with Crippen LogP contribution >= 0.6 is 22.9 Å². The number of hydrogen-bond donors (Lipinski definition) is 0. The summed E-state index contributed by atoms with van der Waals surface area (Å²) in [5, 5.41) is 0. The molecular weight excluding hydrogens is 394 g/mol. The molecule has 1 fully saturated rings. The molecule has 0 unspecified atom stereocenters. The second-order valence-corrected chi connectivity index (χ2v) is 9.07. The average molecular weight is 418 g/mol. The SMILES string of the molecule is Cc1cc(CN(C)C(=O)c2ccc3sc(Cl)nc3c2)c(C)n1C[C@@H]1CCCO1. The van der Waals surface area contributed by atoms with Gasteiger partial charge < -0.3 is 14.2 Å². The summed E-state index contributed by atoms with van der Waals surface area (Å²) in [6.07, 6.45) is 2.56. The number of halogens is 1. The van der Waals surface area contributed by atoms with Gasteiger partial charge in [0.25, 0.3) is 5.91 Å². The summed E-state index contributed by atoms with van der Waals surface area (Å²) in [7, 11) is 1.84. The molecular formula is C21H24ClN3O2S. The normalized spacial score (nSPS) is 16.8. The van der Waals surface area contributed by atoms with E-state index in [1.54, 1.807) is 4.90 Å². The number of rotatable bonds is 5. The summed E-state index contributed by atoms with van der Waals surface area (Å²) in [6, 6.07) is 7.75. The monoisotopic (exact) mass is 417 g/mol. The summed E-state index contributed by atoms with van der Waals surface area (Å²) in [5.74, 6) is -0.0186. The standard InChI is InChI=1S/C21H24ClN3O2S/c1-13-9-16(14(2)25(13)12-17-5-4-8-27-17)11-24(3)20(26)15-6-7-19-18(10-15)23-21(22)28-19/h6-7,9-10,17H,4-5,8,11-12H2,1-3H3/t17-/m0/s1. The molecule has 3 heterocycles. The van der Waals surface area contributed by atoms with E-state index in [0.29, 0.717) is 22.7 Å². The lowest BCUT2D eigenvalue weighted by Crippen LogP contribution is -2.26. The van der Waals surface area contributed by atoms with E-state index >= 15 is 0 Å². The molecule has 3 aromatic rings. The smallest absolute Gasteiger partial charge is 0.253 e. The van der Waals surface area contributed by atoms with E-state index in [9.17, 15) is 4.79 Å². The summed E-state index contributed by atoms with van der Waals surface area (Å²) in [5.41, 5.74) is 4.98. The Morgan fingerprint density at radius 3 is 2.96 bits per heavy atom. The highest BCUT2D eigenvalue weighted by Crippen LogP contribution is 2.27. The molecule has 2 aromatic heterocycles. The van der Waals surface area contributed by atoms with Crippen LogP contribution in [0, 0.1) is 13.8 Å². The highest BCUT2D eigenvalue weighted by Gasteiger charge is 2.20. The van der Waals surface area contributed by atoms with Crippen LogP contribution in [-0.4, -0.2) is 40.1 Å². The van der Waals surface area contributed by atoms with Crippen molar-refractivity contribution >= 4 is 39.1 Å². The largest absolute Gasteiger partial charge is 0.376 e. The van der Waals surface area contributed by atoms with Crippen molar-refractivity contribution in [1.82, 2.24) is 14.5 Å². The molecule has 1 atom stereocenters. The number of ether oxygens (including phenoxy) is 1. The molecule has 4 rings (SSSR count). The quantitative estimate of drug-likeness (QED) is 0.598. The molecule has 148 valence electrons. The van der Waals surface area contributed by atoms with E-state index < -0.39 is 0 Å². The van der Waals surface area contributed by atoms with Crippen molar-refractivity contribution in [2.24, 2.45) is 0 Å². The van der Waals surface area contributed by atoms with Crippen LogP contribution in [-0.2, 0) is 17.8 Å². The Morgan fingerprint density at radius 1 is 1.39 bits per heavy atom. The molecule has 5 nitrogen and oxygen atoms in total. The highest BCUT2D eigenvalue weighted by atomic mass is 35.5. The number of amides is 1. The zero-order chi connectivity index (χ0) is 19.8. The van der Waals surface area contributed by atoms with Crippen molar-refractivity contribution in [2.75, 3.05) is 13.7 Å². The first-order valence-corrected chi connectivity index (χ1v) is 10.7. The van der Waals surface area contributed by atoms with Crippen molar-refractivity contribution in [3.05, 3.63) is 51.2 Å². The highest BCUT2D eigenvalue weighted by molar-refractivity contribution is 7.22. The molecule has 1 aromatic carbocycles. The molecule has 1 aliphatic rings. The zero-order valence-corrected chi connectivity index (χ0v) is 17.9. The number of thiazole rings is 1. The lowest BCUT2D eigenvalue weighted by atomic mass is 10.1. The molecule has 1 saturated heterocycles. The number of aryl methyl sites for hydroxylation is 1. The first kappa shape index (κ1) is 19.4. The molecule has 0 radical (unpaired) electrons. The Morgan fingerprint density at radius 2 is 2.21 bits per heavy atom. The fourth-order valence-corrected chi connectivity index (χ4v) is 4.90. The van der Waals surface area contributed by atoms with Crippen LogP contribution in [0.25, 0.3) is 10.2 Å². The molecule has 0 aliphatic carbocycles. The van der Waals surface area contributed by atoms with Crippen LogP contribution in [0.4, 0.5) is 0 Å². The van der Waals surface area contributed by atoms with Crippen molar-refractivity contribution in [1.29, 1.82) is 0 Å². The second-order valence-electron chi connectivity index (χ2n) is 7.45. The molecule has 0 N–H and O–H groups in total. The molecule has 0 spiro atoms. The molecule has 0 bridgehead atoms. The van der Waals surface area contributed by atoms with E-state index in [2.05, 4.69) is 29.5 Å². The van der Waals surface area contributed by atoms with Crippen LogP contribution in [0.1, 0.15) is 40.2 Å². The maximum atomic E-state index is 12.9. The Kier molecular flexibility index (Phi) is 5.45. The predicted octanol–water partition coefficient (Wildman–Crippen LogP) is 4.82. The van der Waals surface area contributed by atoms with Gasteiger partial charge >= 0.3 is 0 Å². The minimum absolute atomic E-state index is 0.0186. The topological polar surface area (TPSA) is 47.4 Å².